The van der Waals surface area contributed by atoms with Gasteiger partial charge in [-0.2, -0.15) is 22.0 Å². The van der Waals surface area contributed by atoms with Gasteiger partial charge in [-0.05, 0) is 93.2 Å². The summed E-state index contributed by atoms with van der Waals surface area (Å²) in [5.41, 5.74) is 1.33. The van der Waals surface area contributed by atoms with Crippen LogP contribution in [0.5, 0.6) is 28.7 Å². The van der Waals surface area contributed by atoms with Crippen LogP contribution in [0.1, 0.15) is 88.2 Å². The van der Waals surface area contributed by atoms with Crippen molar-refractivity contribution in [1.82, 2.24) is 26.6 Å². The first-order chi connectivity index (χ1) is 27.9. The molecule has 17 heteroatoms. The summed E-state index contributed by atoms with van der Waals surface area (Å²) in [4.78, 5) is 51.1. The fraction of sp³-hybridized carbons (Fsp3) is 0.610. The van der Waals surface area contributed by atoms with Crippen molar-refractivity contribution in [1.29, 1.82) is 0 Å². The molecule has 5 rings (SSSR count). The zero-order chi connectivity index (χ0) is 41.7. The van der Waals surface area contributed by atoms with Gasteiger partial charge in [-0.15, -0.1) is 0 Å². The third-order valence-corrected chi connectivity index (χ3v) is 12.4. The van der Waals surface area contributed by atoms with Crippen LogP contribution < -0.4 is 45.5 Å². The summed E-state index contributed by atoms with van der Waals surface area (Å²) in [7, 11) is 6.15. The van der Waals surface area contributed by atoms with Gasteiger partial charge < -0.3 is 50.6 Å². The van der Waals surface area contributed by atoms with E-state index in [0.29, 0.717) is 92.7 Å². The Kier molecular flexibility index (Phi) is 16.1. The Hall–Kier alpha value is -4.93. The van der Waals surface area contributed by atoms with Gasteiger partial charge in [-0.25, -0.2) is 4.79 Å². The minimum absolute atomic E-state index is 0.0280. The highest BCUT2D eigenvalue weighted by Crippen LogP contribution is 2.42. The summed E-state index contributed by atoms with van der Waals surface area (Å²) in [5, 5.41) is 33.7. The van der Waals surface area contributed by atoms with Crippen molar-refractivity contribution in [2.24, 2.45) is 10.2 Å². The number of methoxy groups -OCH3 is 4. The summed E-state index contributed by atoms with van der Waals surface area (Å²) in [6.45, 7) is 2.65. The van der Waals surface area contributed by atoms with E-state index in [2.05, 4.69) is 36.8 Å². The number of amides is 5. The van der Waals surface area contributed by atoms with Gasteiger partial charge in [0, 0.05) is 43.4 Å². The zero-order valence-corrected chi connectivity index (χ0v) is 35.0. The van der Waals surface area contributed by atoms with Crippen molar-refractivity contribution in [2.75, 3.05) is 47.3 Å². The number of nitrogens with zero attached hydrogens (tertiary/aromatic N) is 2. The van der Waals surface area contributed by atoms with Crippen molar-refractivity contribution in [3.8, 4) is 28.7 Å². The van der Waals surface area contributed by atoms with Gasteiger partial charge in [-0.1, -0.05) is 12.5 Å². The van der Waals surface area contributed by atoms with E-state index in [1.54, 1.807) is 33.5 Å². The molecule has 3 aliphatic heterocycles. The Labute approximate surface area is 344 Å². The zero-order valence-electron chi connectivity index (χ0n) is 34.2. The molecule has 318 valence electrons. The Bertz CT molecular complexity index is 1750. The minimum Gasteiger partial charge on any atom is -0.504 e. The number of phenols is 1. The molecule has 5 amide bonds. The highest BCUT2D eigenvalue weighted by molar-refractivity contribution is 8.00. The average molecular weight is 826 g/mol. The van der Waals surface area contributed by atoms with Crippen molar-refractivity contribution in [3.63, 3.8) is 0 Å². The largest absolute Gasteiger partial charge is 0.504 e. The van der Waals surface area contributed by atoms with Crippen molar-refractivity contribution in [3.05, 3.63) is 41.5 Å². The summed E-state index contributed by atoms with van der Waals surface area (Å²) < 4.78 is 22.1. The fourth-order valence-corrected chi connectivity index (χ4v) is 9.04. The maximum atomic E-state index is 13.8. The molecule has 0 radical (unpaired) electrons. The molecule has 5 atom stereocenters. The number of ether oxygens (including phenoxy) is 4. The summed E-state index contributed by atoms with van der Waals surface area (Å²) in [5.74, 6) is 2.05. The molecule has 0 aliphatic carbocycles. The second-order valence-electron chi connectivity index (χ2n) is 15.2. The van der Waals surface area contributed by atoms with E-state index in [-0.39, 0.29) is 53.9 Å². The van der Waals surface area contributed by atoms with Crippen LogP contribution in [0.4, 0.5) is 4.79 Å². The minimum atomic E-state index is -0.759. The SMILES string of the molecule is COc1ccc(CC(CCNC(=O)[C@H](CCCCNC(=O)CCC2(C)N=N2)NC(=O)CCCC[C@@H]2SC[C@@H]3NC(=O)N[C@@H]32)c2cc(OC)c(OC)c(OC)c2)cc1O. The third kappa shape index (κ3) is 12.5. The van der Waals surface area contributed by atoms with Gasteiger partial charge in [0.2, 0.25) is 23.5 Å². The average Bonchev–Trinajstić information content (AvgIpc) is 3.67. The molecule has 3 heterocycles. The lowest BCUT2D eigenvalue weighted by Gasteiger charge is -2.23. The molecule has 0 aromatic heterocycles. The lowest BCUT2D eigenvalue weighted by atomic mass is 9.88. The molecule has 2 aromatic rings. The Morgan fingerprint density at radius 1 is 0.879 bits per heavy atom. The monoisotopic (exact) mass is 825 g/mol. The number of aromatic hydroxyl groups is 1. The van der Waals surface area contributed by atoms with E-state index in [0.717, 1.165) is 29.7 Å². The Morgan fingerprint density at radius 3 is 2.29 bits per heavy atom. The third-order valence-electron chi connectivity index (χ3n) is 10.9. The maximum absolute atomic E-state index is 13.8. The molecular formula is C41H59N7O9S. The highest BCUT2D eigenvalue weighted by atomic mass is 32.2. The number of fused-ring (bicyclic) bond motifs is 1. The second kappa shape index (κ2) is 21.2. The molecule has 16 nitrogen and oxygen atoms in total. The van der Waals surface area contributed by atoms with Crippen LogP contribution in [-0.4, -0.2) is 105 Å². The first kappa shape index (κ1) is 44.2. The Morgan fingerprint density at radius 2 is 1.62 bits per heavy atom. The lowest BCUT2D eigenvalue weighted by molar-refractivity contribution is -0.129. The summed E-state index contributed by atoms with van der Waals surface area (Å²) >= 11 is 1.85. The van der Waals surface area contributed by atoms with Crippen molar-refractivity contribution in [2.45, 2.75) is 113 Å². The van der Waals surface area contributed by atoms with Crippen LogP contribution in [0.3, 0.4) is 0 Å². The van der Waals surface area contributed by atoms with E-state index in [1.807, 2.05) is 36.9 Å². The molecule has 6 N–H and O–H groups in total. The Balaban J connectivity index is 1.19. The number of urea groups is 1. The number of hydrogen-bond donors (Lipinski definition) is 6. The molecule has 3 aliphatic rings. The first-order valence-corrected chi connectivity index (χ1v) is 21.1. The van der Waals surface area contributed by atoms with E-state index in [1.165, 1.54) is 7.11 Å². The van der Waals surface area contributed by atoms with Crippen molar-refractivity contribution >= 4 is 35.5 Å². The first-order valence-electron chi connectivity index (χ1n) is 20.1. The van der Waals surface area contributed by atoms with Gasteiger partial charge in [-0.3, -0.25) is 14.4 Å². The highest BCUT2D eigenvalue weighted by Gasteiger charge is 2.42. The molecule has 0 spiro atoms. The van der Waals surface area contributed by atoms with Gasteiger partial charge in [0.25, 0.3) is 0 Å². The number of carbonyl (C=O) groups excluding carboxylic acids is 4. The van der Waals surface area contributed by atoms with E-state index >= 15 is 0 Å². The van der Waals surface area contributed by atoms with Crippen LogP contribution in [-0.2, 0) is 20.8 Å². The molecule has 2 aromatic carbocycles. The van der Waals surface area contributed by atoms with Crippen LogP contribution in [0.15, 0.2) is 40.6 Å². The fourth-order valence-electron chi connectivity index (χ4n) is 7.50. The molecule has 1 unspecified atom stereocenters. The van der Waals surface area contributed by atoms with E-state index in [9.17, 15) is 24.3 Å². The van der Waals surface area contributed by atoms with E-state index < -0.39 is 11.7 Å². The second-order valence-corrected chi connectivity index (χ2v) is 16.5. The summed E-state index contributed by atoms with van der Waals surface area (Å²) in [6.07, 6.45) is 6.27. The predicted octanol–water partition coefficient (Wildman–Crippen LogP) is 4.72. The maximum Gasteiger partial charge on any atom is 0.315 e. The number of thioether (sulfide) groups is 1. The van der Waals surface area contributed by atoms with E-state index in [4.69, 9.17) is 18.9 Å². The molecule has 2 fully saturated rings. The van der Waals surface area contributed by atoms with Crippen LogP contribution in [0, 0.1) is 0 Å². The number of nitrogens with one attached hydrogen (secondary N) is 5. The number of rotatable bonds is 25. The van der Waals surface area contributed by atoms with Gasteiger partial charge >= 0.3 is 6.03 Å². The number of carbonyl (C=O) groups is 4. The lowest BCUT2D eigenvalue weighted by Crippen LogP contribution is -2.47. The van der Waals surface area contributed by atoms with Gasteiger partial charge in [0.15, 0.2) is 28.7 Å². The number of phenolic OH excluding ortho intramolecular Hbond substituents is 1. The number of unbranched alkanes of at least 4 members (excludes halogenated alkanes) is 2. The molecular weight excluding hydrogens is 767 g/mol. The van der Waals surface area contributed by atoms with Crippen LogP contribution in [0.25, 0.3) is 0 Å². The quantitative estimate of drug-likeness (QED) is 0.0600. The molecule has 58 heavy (non-hydrogen) atoms. The molecule has 0 saturated carbocycles. The van der Waals surface area contributed by atoms with Gasteiger partial charge in [0.05, 0.1) is 40.5 Å². The smallest absolute Gasteiger partial charge is 0.315 e. The normalized spacial score (nSPS) is 19.5. The summed E-state index contributed by atoms with van der Waals surface area (Å²) in [6, 6.07) is 8.46. The molecule has 0 bridgehead atoms. The number of hydrogen-bond acceptors (Lipinski definition) is 12. The van der Waals surface area contributed by atoms with Gasteiger partial charge in [0.1, 0.15) is 6.04 Å². The standard InChI is InChI=1S/C41H59N7O9S/c1-41(47-48-41)17-15-35(50)42-18-9-8-10-28(44-36(51)12-7-6-11-34-37-29(24-58-34)45-40(53)46-37)39(52)43-19-16-26(20-25-13-14-31(54-2)30(49)21-25)27-22-32(55-3)38(57-5)33(23-27)56-4/h13-14,21-23,26,28-29,34,37,49H,6-12,15-20,24H2,1-5H3,(H,42,50)(H,43,52)(H,44,51)(H2,45,46,53)/t26?,28-,29-,34-,37-/m0/s1. The topological polar surface area (TPSA) is 210 Å². The predicted molar refractivity (Wildman–Crippen MR) is 220 cm³/mol. The van der Waals surface area contributed by atoms with Crippen LogP contribution >= 0.6 is 11.8 Å². The molecule has 2 saturated heterocycles. The van der Waals surface area contributed by atoms with Crippen LogP contribution in [0.2, 0.25) is 0 Å². The number of benzene rings is 2. The van der Waals surface area contributed by atoms with Crippen molar-refractivity contribution < 1.29 is 43.2 Å².